The first-order valence-corrected chi connectivity index (χ1v) is 5.97. The van der Waals surface area contributed by atoms with Gasteiger partial charge in [-0.1, -0.05) is 46.4 Å². The fraction of sp³-hybridized carbons (Fsp3) is 0.778. The lowest BCUT2D eigenvalue weighted by molar-refractivity contribution is -0.249. The predicted octanol–water partition coefficient (Wildman–Crippen LogP) is 2.84. The molecule has 0 fully saturated rings. The number of hydrogen-bond acceptors (Lipinski definition) is 4. The average Bonchev–Trinajstić information content (AvgIpc) is 2.43. The van der Waals surface area contributed by atoms with Gasteiger partial charge in [-0.3, -0.25) is 0 Å². The maximum atomic E-state index is 6.26. The van der Waals surface area contributed by atoms with Crippen molar-refractivity contribution in [2.24, 2.45) is 0 Å². The molecular formula is C9H12Cl4O4. The van der Waals surface area contributed by atoms with Crippen LogP contribution in [0.15, 0.2) is 10.1 Å². The number of rotatable bonds is 4. The van der Waals surface area contributed by atoms with Gasteiger partial charge in [-0.05, 0) is 0 Å². The molecule has 0 aliphatic heterocycles. The van der Waals surface area contributed by atoms with Gasteiger partial charge in [0.1, 0.15) is 10.1 Å². The Hall–Kier alpha value is 0.740. The Morgan fingerprint density at radius 2 is 0.941 bits per heavy atom. The Balaban J connectivity index is 3.53. The quantitative estimate of drug-likeness (QED) is 0.588. The molecule has 1 aliphatic carbocycles. The molecule has 0 amide bonds. The minimum atomic E-state index is -1.82. The maximum absolute atomic E-state index is 6.26. The van der Waals surface area contributed by atoms with Gasteiger partial charge in [0.05, 0.1) is 0 Å². The minimum Gasteiger partial charge on any atom is -0.346 e. The summed E-state index contributed by atoms with van der Waals surface area (Å²) in [7, 11) is 5.32. The normalized spacial score (nSPS) is 25.4. The van der Waals surface area contributed by atoms with Crippen molar-refractivity contribution >= 4 is 46.4 Å². The van der Waals surface area contributed by atoms with Gasteiger partial charge in [-0.2, -0.15) is 0 Å². The third kappa shape index (κ3) is 1.66. The van der Waals surface area contributed by atoms with Crippen molar-refractivity contribution in [1.29, 1.82) is 0 Å². The fourth-order valence-corrected chi connectivity index (χ4v) is 3.85. The SMILES string of the molecule is COC1(OC)C(Cl)=C(Cl)C(OC)(OC)C1(Cl)Cl. The number of hydrogen-bond donors (Lipinski definition) is 0. The van der Waals surface area contributed by atoms with E-state index in [-0.39, 0.29) is 10.1 Å². The zero-order chi connectivity index (χ0) is 13.5. The lowest BCUT2D eigenvalue weighted by Crippen LogP contribution is -2.59. The molecule has 0 atom stereocenters. The highest BCUT2D eigenvalue weighted by Gasteiger charge is 2.74. The molecule has 0 aromatic carbocycles. The van der Waals surface area contributed by atoms with Crippen molar-refractivity contribution in [3.63, 3.8) is 0 Å². The molecule has 17 heavy (non-hydrogen) atoms. The van der Waals surface area contributed by atoms with E-state index in [1.807, 2.05) is 0 Å². The summed E-state index contributed by atoms with van der Waals surface area (Å²) >= 11 is 24.7. The van der Waals surface area contributed by atoms with Crippen molar-refractivity contribution in [2.75, 3.05) is 28.4 Å². The van der Waals surface area contributed by atoms with Gasteiger partial charge >= 0.3 is 0 Å². The number of ether oxygens (including phenoxy) is 4. The summed E-state index contributed by atoms with van der Waals surface area (Å²) in [5.41, 5.74) is 0. The molecule has 0 aromatic heterocycles. The van der Waals surface area contributed by atoms with Crippen LogP contribution >= 0.6 is 46.4 Å². The number of alkyl halides is 2. The van der Waals surface area contributed by atoms with Gasteiger partial charge in [-0.15, -0.1) is 0 Å². The molecule has 1 aliphatic rings. The summed E-state index contributed by atoms with van der Waals surface area (Å²) in [6.45, 7) is 0. The molecule has 100 valence electrons. The molecule has 0 aromatic rings. The predicted molar refractivity (Wildman–Crippen MR) is 66.7 cm³/mol. The van der Waals surface area contributed by atoms with E-state index < -0.39 is 15.9 Å². The number of halogens is 4. The molecule has 0 spiro atoms. The van der Waals surface area contributed by atoms with E-state index in [0.29, 0.717) is 0 Å². The smallest absolute Gasteiger partial charge is 0.246 e. The molecule has 4 nitrogen and oxygen atoms in total. The van der Waals surface area contributed by atoms with Crippen LogP contribution in [0.5, 0.6) is 0 Å². The van der Waals surface area contributed by atoms with Gasteiger partial charge in [0, 0.05) is 28.4 Å². The lowest BCUT2D eigenvalue weighted by Gasteiger charge is -2.42. The van der Waals surface area contributed by atoms with E-state index in [1.54, 1.807) is 0 Å². The van der Waals surface area contributed by atoms with E-state index in [9.17, 15) is 0 Å². The zero-order valence-electron chi connectivity index (χ0n) is 9.64. The second-order valence-corrected chi connectivity index (χ2v) is 5.34. The first kappa shape index (κ1) is 15.8. The van der Waals surface area contributed by atoms with Crippen LogP contribution in [-0.2, 0) is 18.9 Å². The van der Waals surface area contributed by atoms with Crippen LogP contribution in [0, 0.1) is 0 Å². The third-order valence-corrected chi connectivity index (χ3v) is 4.71. The molecule has 1 rings (SSSR count). The van der Waals surface area contributed by atoms with Crippen molar-refractivity contribution in [3.05, 3.63) is 10.1 Å². The lowest BCUT2D eigenvalue weighted by atomic mass is 10.1. The van der Waals surface area contributed by atoms with Crippen molar-refractivity contribution in [2.45, 2.75) is 15.9 Å². The highest BCUT2D eigenvalue weighted by atomic mass is 35.5. The Bertz CT molecular complexity index is 304. The highest BCUT2D eigenvalue weighted by Crippen LogP contribution is 2.62. The van der Waals surface area contributed by atoms with Crippen LogP contribution in [-0.4, -0.2) is 44.3 Å². The third-order valence-electron chi connectivity index (χ3n) is 2.75. The molecule has 0 heterocycles. The van der Waals surface area contributed by atoms with Crippen LogP contribution in [0.2, 0.25) is 0 Å². The molecule has 0 saturated heterocycles. The van der Waals surface area contributed by atoms with E-state index >= 15 is 0 Å². The van der Waals surface area contributed by atoms with E-state index in [1.165, 1.54) is 28.4 Å². The zero-order valence-corrected chi connectivity index (χ0v) is 12.7. The van der Waals surface area contributed by atoms with Gasteiger partial charge < -0.3 is 18.9 Å². The number of methoxy groups -OCH3 is 4. The molecule has 0 bridgehead atoms. The summed E-state index contributed by atoms with van der Waals surface area (Å²) in [5, 5.41) is -0.0595. The highest BCUT2D eigenvalue weighted by molar-refractivity contribution is 6.54. The van der Waals surface area contributed by atoms with Gasteiger partial charge in [0.15, 0.2) is 0 Å². The average molecular weight is 326 g/mol. The first-order valence-electron chi connectivity index (χ1n) is 4.46. The summed E-state index contributed by atoms with van der Waals surface area (Å²) < 4.78 is 18.9. The maximum Gasteiger partial charge on any atom is 0.246 e. The standard InChI is InChI=1S/C9H12Cl4O4/c1-14-7(15-2)5(10)6(11)8(16-3,17-4)9(7,12)13/h1-4H3. The topological polar surface area (TPSA) is 36.9 Å². The fourth-order valence-electron chi connectivity index (χ4n) is 1.82. The minimum absolute atomic E-state index is 0.0298. The van der Waals surface area contributed by atoms with Crippen LogP contribution in [0.4, 0.5) is 0 Å². The van der Waals surface area contributed by atoms with Crippen molar-refractivity contribution < 1.29 is 18.9 Å². The Morgan fingerprint density at radius 1 is 0.706 bits per heavy atom. The summed E-state index contributed by atoms with van der Waals surface area (Å²) in [4.78, 5) is 0. The first-order chi connectivity index (χ1) is 7.81. The van der Waals surface area contributed by atoms with Crippen LogP contribution in [0.3, 0.4) is 0 Å². The molecule has 8 heteroatoms. The summed E-state index contributed by atoms with van der Waals surface area (Å²) in [6, 6.07) is 0. The van der Waals surface area contributed by atoms with E-state index in [4.69, 9.17) is 65.4 Å². The molecular weight excluding hydrogens is 314 g/mol. The van der Waals surface area contributed by atoms with Crippen LogP contribution in [0.25, 0.3) is 0 Å². The van der Waals surface area contributed by atoms with Gasteiger partial charge in [-0.25, -0.2) is 0 Å². The second kappa shape index (κ2) is 5.02. The van der Waals surface area contributed by atoms with Crippen molar-refractivity contribution in [3.8, 4) is 0 Å². The monoisotopic (exact) mass is 324 g/mol. The Kier molecular flexibility index (Phi) is 4.67. The van der Waals surface area contributed by atoms with E-state index in [0.717, 1.165) is 0 Å². The van der Waals surface area contributed by atoms with Crippen molar-refractivity contribution in [1.82, 2.24) is 0 Å². The molecule has 0 N–H and O–H groups in total. The van der Waals surface area contributed by atoms with Crippen LogP contribution in [0.1, 0.15) is 0 Å². The Morgan fingerprint density at radius 3 is 1.06 bits per heavy atom. The van der Waals surface area contributed by atoms with Crippen LogP contribution < -0.4 is 0 Å². The van der Waals surface area contributed by atoms with Gasteiger partial charge in [0.25, 0.3) is 0 Å². The van der Waals surface area contributed by atoms with E-state index in [2.05, 4.69) is 0 Å². The molecule has 0 saturated carbocycles. The molecule has 0 unspecified atom stereocenters. The van der Waals surface area contributed by atoms with Gasteiger partial charge in [0.2, 0.25) is 15.9 Å². The largest absolute Gasteiger partial charge is 0.346 e. The summed E-state index contributed by atoms with van der Waals surface area (Å²) in [6.07, 6.45) is 0. The summed E-state index contributed by atoms with van der Waals surface area (Å²) in [5.74, 6) is -3.33. The molecule has 0 radical (unpaired) electrons. The second-order valence-electron chi connectivity index (χ2n) is 3.25. The Labute approximate surface area is 120 Å².